The van der Waals surface area contributed by atoms with Crippen LogP contribution in [-0.2, 0) is 14.8 Å². The number of benzene rings is 3. The van der Waals surface area contributed by atoms with Crippen molar-refractivity contribution in [2.45, 2.75) is 31.6 Å². The van der Waals surface area contributed by atoms with E-state index in [0.29, 0.717) is 17.2 Å². The quantitative estimate of drug-likeness (QED) is 0.497. The molecule has 0 spiro atoms. The lowest BCUT2D eigenvalue weighted by atomic mass is 10.0. The lowest BCUT2D eigenvalue weighted by Crippen LogP contribution is -2.38. The Balaban J connectivity index is 1.96. The molecule has 0 aliphatic carbocycles. The molecule has 1 amide bonds. The molecule has 3 aromatic rings. The van der Waals surface area contributed by atoms with Gasteiger partial charge in [-0.25, -0.2) is 12.8 Å². The molecule has 3 aromatic carbocycles. The highest BCUT2D eigenvalue weighted by atomic mass is 32.2. The molecule has 3 rings (SSSR count). The van der Waals surface area contributed by atoms with E-state index < -0.39 is 28.3 Å². The maximum Gasteiger partial charge on any atom is 0.268 e. The summed E-state index contributed by atoms with van der Waals surface area (Å²) in [5.74, 6) is -0.554. The fraction of sp³-hybridized carbons (Fsp3) is 0.240. The molecule has 0 aliphatic heterocycles. The highest BCUT2D eigenvalue weighted by Gasteiger charge is 2.30. The van der Waals surface area contributed by atoms with Crippen molar-refractivity contribution in [2.24, 2.45) is 0 Å². The predicted molar refractivity (Wildman–Crippen MR) is 128 cm³/mol. The minimum Gasteiger partial charge on any atom is -0.495 e. The third kappa shape index (κ3) is 5.70. The number of ether oxygens (including phenoxy) is 1. The molecule has 0 aliphatic rings. The zero-order valence-electron chi connectivity index (χ0n) is 19.0. The number of nitrogens with zero attached hydrogens (tertiary/aromatic N) is 1. The fourth-order valence-corrected chi connectivity index (χ4v) is 4.97. The van der Waals surface area contributed by atoms with Gasteiger partial charge in [0.2, 0.25) is 5.91 Å². The van der Waals surface area contributed by atoms with Gasteiger partial charge in [0.15, 0.2) is 0 Å². The molecule has 1 N–H and O–H groups in total. The number of nitrogens with one attached hydrogen (secondary N) is 1. The molecule has 0 saturated carbocycles. The number of carbonyl (C=O) groups is 1. The molecule has 0 aromatic heterocycles. The SMILES string of the molecule is COc1ccc(C)cc1S(=O)(=O)N(CC(=O)Nc1ccc(C(C)C)cc1)c1ccc(F)cc1. The van der Waals surface area contributed by atoms with E-state index in [1.54, 1.807) is 31.2 Å². The molecule has 33 heavy (non-hydrogen) atoms. The van der Waals surface area contributed by atoms with Crippen LogP contribution in [0.5, 0.6) is 5.75 Å². The van der Waals surface area contributed by atoms with Crippen molar-refractivity contribution in [2.75, 3.05) is 23.3 Å². The number of halogens is 1. The van der Waals surface area contributed by atoms with Gasteiger partial charge in [0.05, 0.1) is 12.8 Å². The van der Waals surface area contributed by atoms with Crippen LogP contribution in [0.4, 0.5) is 15.8 Å². The number of hydrogen-bond acceptors (Lipinski definition) is 4. The minimum absolute atomic E-state index is 0.0802. The van der Waals surface area contributed by atoms with Gasteiger partial charge in [0.25, 0.3) is 10.0 Å². The normalized spacial score (nSPS) is 11.3. The molecule has 0 unspecified atom stereocenters. The molecule has 6 nitrogen and oxygen atoms in total. The smallest absolute Gasteiger partial charge is 0.268 e. The van der Waals surface area contributed by atoms with Gasteiger partial charge in [0.1, 0.15) is 23.0 Å². The summed E-state index contributed by atoms with van der Waals surface area (Å²) in [7, 11) is -2.84. The first-order valence-electron chi connectivity index (χ1n) is 10.4. The summed E-state index contributed by atoms with van der Waals surface area (Å²) in [5, 5.41) is 2.73. The largest absolute Gasteiger partial charge is 0.495 e. The van der Waals surface area contributed by atoms with Crippen LogP contribution in [0.2, 0.25) is 0 Å². The Morgan fingerprint density at radius 2 is 1.67 bits per heavy atom. The van der Waals surface area contributed by atoms with Gasteiger partial charge in [0, 0.05) is 5.69 Å². The summed E-state index contributed by atoms with van der Waals surface area (Å²) in [5.41, 5.74) is 2.54. The molecular weight excluding hydrogens is 443 g/mol. The lowest BCUT2D eigenvalue weighted by molar-refractivity contribution is -0.114. The molecule has 0 atom stereocenters. The van der Waals surface area contributed by atoms with Crippen LogP contribution in [-0.4, -0.2) is 28.0 Å². The summed E-state index contributed by atoms with van der Waals surface area (Å²) < 4.78 is 47.0. The second-order valence-electron chi connectivity index (χ2n) is 7.97. The summed E-state index contributed by atoms with van der Waals surface area (Å²) in [6.07, 6.45) is 0. The van der Waals surface area contributed by atoms with Gasteiger partial charge in [-0.1, -0.05) is 32.0 Å². The van der Waals surface area contributed by atoms with E-state index >= 15 is 0 Å². The first-order valence-corrected chi connectivity index (χ1v) is 11.9. The Kier molecular flexibility index (Phi) is 7.38. The molecule has 174 valence electrons. The summed E-state index contributed by atoms with van der Waals surface area (Å²) in [6, 6.07) is 17.1. The highest BCUT2D eigenvalue weighted by molar-refractivity contribution is 7.93. The van der Waals surface area contributed by atoms with Crippen LogP contribution in [0, 0.1) is 12.7 Å². The first-order chi connectivity index (χ1) is 15.6. The van der Waals surface area contributed by atoms with Crippen molar-refractivity contribution in [1.82, 2.24) is 0 Å². The molecule has 0 bridgehead atoms. The number of amides is 1. The number of anilines is 2. The molecular formula is C25H27FN2O4S. The van der Waals surface area contributed by atoms with Crippen molar-refractivity contribution in [1.29, 1.82) is 0 Å². The Morgan fingerprint density at radius 1 is 1.03 bits per heavy atom. The zero-order valence-corrected chi connectivity index (χ0v) is 19.8. The van der Waals surface area contributed by atoms with E-state index in [0.717, 1.165) is 22.0 Å². The number of carbonyl (C=O) groups excluding carboxylic acids is 1. The number of rotatable bonds is 8. The molecule has 0 saturated heterocycles. The zero-order chi connectivity index (χ0) is 24.2. The van der Waals surface area contributed by atoms with E-state index in [4.69, 9.17) is 4.74 Å². The van der Waals surface area contributed by atoms with Gasteiger partial charge in [-0.05, 0) is 72.5 Å². The van der Waals surface area contributed by atoms with E-state index in [1.165, 1.54) is 25.3 Å². The van der Waals surface area contributed by atoms with Crippen LogP contribution in [0.15, 0.2) is 71.6 Å². The Bertz CT molecular complexity index is 1220. The lowest BCUT2D eigenvalue weighted by Gasteiger charge is -2.25. The Labute approximate surface area is 194 Å². The molecule has 0 radical (unpaired) electrons. The summed E-state index contributed by atoms with van der Waals surface area (Å²) >= 11 is 0. The van der Waals surface area contributed by atoms with Crippen LogP contribution in [0.25, 0.3) is 0 Å². The number of sulfonamides is 1. The van der Waals surface area contributed by atoms with Gasteiger partial charge < -0.3 is 10.1 Å². The van der Waals surface area contributed by atoms with Gasteiger partial charge in [-0.2, -0.15) is 0 Å². The Hall–Kier alpha value is -3.39. The monoisotopic (exact) mass is 470 g/mol. The van der Waals surface area contributed by atoms with E-state index in [1.807, 2.05) is 12.1 Å². The Morgan fingerprint density at radius 3 is 2.24 bits per heavy atom. The van der Waals surface area contributed by atoms with Crippen molar-refractivity contribution < 1.29 is 22.3 Å². The number of methoxy groups -OCH3 is 1. The van der Waals surface area contributed by atoms with Gasteiger partial charge in [-0.3, -0.25) is 9.10 Å². The van der Waals surface area contributed by atoms with Crippen LogP contribution < -0.4 is 14.4 Å². The average molecular weight is 471 g/mol. The van der Waals surface area contributed by atoms with Crippen molar-refractivity contribution in [3.8, 4) is 5.75 Å². The predicted octanol–water partition coefficient (Wildman–Crippen LogP) is 5.10. The fourth-order valence-electron chi connectivity index (χ4n) is 3.31. The van der Waals surface area contributed by atoms with Crippen molar-refractivity contribution in [3.05, 3.63) is 83.7 Å². The van der Waals surface area contributed by atoms with Crippen molar-refractivity contribution in [3.63, 3.8) is 0 Å². The van der Waals surface area contributed by atoms with E-state index in [-0.39, 0.29) is 16.3 Å². The minimum atomic E-state index is -4.21. The maximum atomic E-state index is 13.6. The molecule has 0 fully saturated rings. The summed E-state index contributed by atoms with van der Waals surface area (Å²) in [4.78, 5) is 12.8. The van der Waals surface area contributed by atoms with Crippen LogP contribution >= 0.6 is 0 Å². The highest BCUT2D eigenvalue weighted by Crippen LogP contribution is 2.31. The first kappa shape index (κ1) is 24.3. The van der Waals surface area contributed by atoms with Gasteiger partial charge in [-0.15, -0.1) is 0 Å². The number of aryl methyl sites for hydroxylation is 1. The molecule has 0 heterocycles. The van der Waals surface area contributed by atoms with Crippen LogP contribution in [0.3, 0.4) is 0 Å². The van der Waals surface area contributed by atoms with Crippen molar-refractivity contribution >= 4 is 27.3 Å². The van der Waals surface area contributed by atoms with Gasteiger partial charge >= 0.3 is 0 Å². The third-order valence-corrected chi connectivity index (χ3v) is 6.95. The second-order valence-corrected chi connectivity index (χ2v) is 9.80. The van der Waals surface area contributed by atoms with E-state index in [2.05, 4.69) is 19.2 Å². The van der Waals surface area contributed by atoms with Crippen LogP contribution in [0.1, 0.15) is 30.9 Å². The second kappa shape index (κ2) is 10.0. The topological polar surface area (TPSA) is 75.7 Å². The van der Waals surface area contributed by atoms with E-state index in [9.17, 15) is 17.6 Å². The third-order valence-electron chi connectivity index (χ3n) is 5.15. The standard InChI is InChI=1S/C25H27FN2O4S/c1-17(2)19-6-10-21(11-7-19)27-25(29)16-28(22-12-8-20(26)9-13-22)33(30,31)24-15-18(3)5-14-23(24)32-4/h5-15,17H,16H2,1-4H3,(H,27,29). The maximum absolute atomic E-state index is 13.6. The molecule has 8 heteroatoms. The number of hydrogen-bond donors (Lipinski definition) is 1. The summed E-state index contributed by atoms with van der Waals surface area (Å²) in [6.45, 7) is 5.39. The average Bonchev–Trinajstić information content (AvgIpc) is 2.78.